The molecule has 2 aromatic carbocycles. The van der Waals surface area contributed by atoms with Crippen LogP contribution in [0.3, 0.4) is 0 Å². The van der Waals surface area contributed by atoms with Crippen LogP contribution in [0.5, 0.6) is 0 Å². The van der Waals surface area contributed by atoms with E-state index in [0.717, 1.165) is 16.7 Å². The van der Waals surface area contributed by atoms with Crippen LogP contribution in [0.4, 0.5) is 0 Å². The number of carboxylic acids is 1. The predicted octanol–water partition coefficient (Wildman–Crippen LogP) is 2.94. The number of nitrogens with one attached hydrogen (secondary N) is 2. The van der Waals surface area contributed by atoms with Gasteiger partial charge in [-0.1, -0.05) is 55.5 Å². The number of carbonyl (C=O) groups is 3. The van der Waals surface area contributed by atoms with E-state index in [4.69, 9.17) is 0 Å². The molecule has 1 unspecified atom stereocenters. The number of amides is 1. The first-order valence-electron chi connectivity index (χ1n) is 13.3. The molecule has 12 nitrogen and oxygen atoms in total. The Hall–Kier alpha value is -4.97. The smallest absolute Gasteiger partial charge is 0.344 e. The second kappa shape index (κ2) is 11.6. The van der Waals surface area contributed by atoms with Gasteiger partial charge in [-0.15, -0.1) is 5.10 Å². The highest BCUT2D eigenvalue weighted by molar-refractivity contribution is 5.98. The Kier molecular flexibility index (Phi) is 7.83. The molecule has 3 N–H and O–H groups in total. The Morgan fingerprint density at radius 2 is 1.80 bits per heavy atom. The van der Waals surface area contributed by atoms with E-state index < -0.39 is 17.5 Å². The quantitative estimate of drug-likeness (QED) is 0.264. The third-order valence-electron chi connectivity index (χ3n) is 7.20. The number of tetrazole rings is 1. The molecule has 210 valence electrons. The molecule has 2 aromatic heterocycles. The van der Waals surface area contributed by atoms with Crippen LogP contribution in [0.2, 0.25) is 0 Å². The van der Waals surface area contributed by atoms with Gasteiger partial charge >= 0.3 is 5.97 Å². The summed E-state index contributed by atoms with van der Waals surface area (Å²) in [5.41, 5.74) is 1.51. The molecule has 0 saturated carbocycles. The lowest BCUT2D eigenvalue weighted by atomic mass is 9.98. The fourth-order valence-corrected chi connectivity index (χ4v) is 5.10. The summed E-state index contributed by atoms with van der Waals surface area (Å²) in [5, 5.41) is 25.0. The summed E-state index contributed by atoms with van der Waals surface area (Å²) in [6.45, 7) is 2.39. The van der Waals surface area contributed by atoms with Crippen LogP contribution in [-0.2, 0) is 11.3 Å². The van der Waals surface area contributed by atoms with E-state index in [1.54, 1.807) is 0 Å². The van der Waals surface area contributed by atoms with Gasteiger partial charge in [0.05, 0.1) is 5.56 Å². The summed E-state index contributed by atoms with van der Waals surface area (Å²) in [7, 11) is 0. The van der Waals surface area contributed by atoms with Crippen LogP contribution in [0.15, 0.2) is 71.7 Å². The van der Waals surface area contributed by atoms with Gasteiger partial charge in [-0.2, -0.15) is 4.68 Å². The summed E-state index contributed by atoms with van der Waals surface area (Å²) in [6.07, 6.45) is 3.06. The summed E-state index contributed by atoms with van der Waals surface area (Å²) >= 11 is 0. The average Bonchev–Trinajstić information content (AvgIpc) is 3.65. The van der Waals surface area contributed by atoms with Crippen LogP contribution in [0.25, 0.3) is 22.5 Å². The van der Waals surface area contributed by atoms with Gasteiger partial charge < -0.3 is 15.0 Å². The Bertz CT molecular complexity index is 1630. The van der Waals surface area contributed by atoms with Crippen molar-refractivity contribution in [1.29, 1.82) is 0 Å². The molecule has 12 heteroatoms. The maximum atomic E-state index is 13.2. The van der Waals surface area contributed by atoms with Crippen molar-refractivity contribution >= 4 is 17.8 Å². The van der Waals surface area contributed by atoms with Crippen LogP contribution in [0, 0.1) is 0 Å². The number of aromatic nitrogens is 5. The number of H-pyrrole nitrogens is 1. The Morgan fingerprint density at radius 1 is 1.05 bits per heavy atom. The van der Waals surface area contributed by atoms with E-state index in [9.17, 15) is 24.3 Å². The topological polar surface area (TPSA) is 163 Å². The van der Waals surface area contributed by atoms with Gasteiger partial charge in [-0.25, -0.2) is 4.79 Å². The summed E-state index contributed by atoms with van der Waals surface area (Å²) in [4.78, 5) is 53.4. The zero-order valence-corrected chi connectivity index (χ0v) is 22.4. The standard InChI is InChI=1S/C29H29N7O5/c1-2-6-25(38)36-26(32-33-34-36)23-8-4-3-7-22(23)20-11-9-19(10-12-20)17-31-29(28(40)41)15-5-16-35(29)27(39)21-13-14-24(37)30-18-21/h3-4,7-14,18,31H,2,5-6,15-17H2,1H3,(H,30,37)(H,40,41). The molecule has 1 aliphatic rings. The minimum Gasteiger partial charge on any atom is -0.478 e. The molecule has 1 atom stereocenters. The van der Waals surface area contributed by atoms with Crippen molar-refractivity contribution in [3.8, 4) is 22.5 Å². The van der Waals surface area contributed by atoms with Crippen molar-refractivity contribution in [3.63, 3.8) is 0 Å². The minimum absolute atomic E-state index is 0.184. The van der Waals surface area contributed by atoms with E-state index in [2.05, 4.69) is 25.8 Å². The van der Waals surface area contributed by atoms with E-state index >= 15 is 0 Å². The SMILES string of the molecule is CCCC(=O)n1nnnc1-c1ccccc1-c1ccc(CNC2(C(=O)O)CCCN2C(=O)c2ccc(=O)[nH]c2)cc1. The van der Waals surface area contributed by atoms with Gasteiger partial charge in [-0.05, 0) is 52.4 Å². The summed E-state index contributed by atoms with van der Waals surface area (Å²) < 4.78 is 1.23. The van der Waals surface area contributed by atoms with Gasteiger partial charge in [-0.3, -0.25) is 19.7 Å². The molecule has 1 amide bonds. The van der Waals surface area contributed by atoms with Gasteiger partial charge in [0.25, 0.3) is 5.91 Å². The van der Waals surface area contributed by atoms with Crippen molar-refractivity contribution in [3.05, 3.63) is 88.3 Å². The zero-order valence-electron chi connectivity index (χ0n) is 22.4. The predicted molar refractivity (Wildman–Crippen MR) is 149 cm³/mol. The van der Waals surface area contributed by atoms with E-state index in [-0.39, 0.29) is 36.5 Å². The van der Waals surface area contributed by atoms with Crippen LogP contribution in [0.1, 0.15) is 53.3 Å². The molecule has 1 aliphatic heterocycles. The summed E-state index contributed by atoms with van der Waals surface area (Å²) in [6, 6.07) is 17.7. The maximum absolute atomic E-state index is 13.2. The lowest BCUT2D eigenvalue weighted by Gasteiger charge is -2.35. The highest BCUT2D eigenvalue weighted by atomic mass is 16.4. The molecule has 4 aromatic rings. The molecule has 0 radical (unpaired) electrons. The van der Waals surface area contributed by atoms with Crippen molar-refractivity contribution in [2.45, 2.75) is 44.8 Å². The Labute approximate surface area is 235 Å². The normalized spacial score (nSPS) is 16.6. The number of aromatic amines is 1. The molecule has 0 aliphatic carbocycles. The first-order valence-corrected chi connectivity index (χ1v) is 13.3. The number of nitrogens with zero attached hydrogens (tertiary/aromatic N) is 5. The van der Waals surface area contributed by atoms with E-state index in [1.807, 2.05) is 55.5 Å². The molecule has 1 saturated heterocycles. The molecular formula is C29H29N7O5. The van der Waals surface area contributed by atoms with Crippen molar-refractivity contribution in [2.24, 2.45) is 0 Å². The third kappa shape index (κ3) is 5.41. The van der Waals surface area contributed by atoms with Crippen molar-refractivity contribution in [2.75, 3.05) is 6.54 Å². The number of carboxylic acid groups (broad SMARTS) is 1. The monoisotopic (exact) mass is 555 g/mol. The molecule has 0 spiro atoms. The summed E-state index contributed by atoms with van der Waals surface area (Å²) in [5.74, 6) is -1.44. The lowest BCUT2D eigenvalue weighted by molar-refractivity contribution is -0.150. The molecule has 5 rings (SSSR count). The second-order valence-corrected chi connectivity index (χ2v) is 9.82. The number of hydrogen-bond acceptors (Lipinski definition) is 8. The Morgan fingerprint density at radius 3 is 2.49 bits per heavy atom. The number of hydrogen-bond donors (Lipinski definition) is 3. The van der Waals surface area contributed by atoms with Gasteiger partial charge in [0.1, 0.15) is 0 Å². The Balaban J connectivity index is 1.36. The molecule has 0 bridgehead atoms. The molecule has 1 fully saturated rings. The van der Waals surface area contributed by atoms with Gasteiger partial charge in [0.2, 0.25) is 11.5 Å². The first kappa shape index (κ1) is 27.6. The number of benzene rings is 2. The van der Waals surface area contributed by atoms with Crippen LogP contribution in [-0.4, -0.2) is 65.2 Å². The first-order chi connectivity index (χ1) is 19.8. The number of likely N-dealkylation sites (tertiary alicyclic amines) is 1. The van der Waals surface area contributed by atoms with Crippen molar-refractivity contribution in [1.82, 2.24) is 35.4 Å². The van der Waals surface area contributed by atoms with E-state index in [0.29, 0.717) is 30.7 Å². The van der Waals surface area contributed by atoms with Crippen molar-refractivity contribution < 1.29 is 19.5 Å². The average molecular weight is 556 g/mol. The number of carbonyl (C=O) groups excluding carboxylic acids is 2. The molecule has 3 heterocycles. The molecule has 41 heavy (non-hydrogen) atoms. The van der Waals surface area contributed by atoms with Crippen LogP contribution >= 0.6 is 0 Å². The lowest BCUT2D eigenvalue weighted by Crippen LogP contribution is -2.62. The number of aliphatic carboxylic acids is 1. The number of pyridine rings is 1. The zero-order chi connectivity index (χ0) is 29.0. The van der Waals surface area contributed by atoms with Crippen LogP contribution < -0.4 is 10.9 Å². The fraction of sp³-hybridized carbons (Fsp3) is 0.276. The minimum atomic E-state index is -1.58. The number of rotatable bonds is 9. The van der Waals surface area contributed by atoms with Gasteiger partial charge in [0, 0.05) is 37.3 Å². The highest BCUT2D eigenvalue weighted by Crippen LogP contribution is 2.32. The van der Waals surface area contributed by atoms with Gasteiger partial charge in [0.15, 0.2) is 11.5 Å². The maximum Gasteiger partial charge on any atom is 0.344 e. The largest absolute Gasteiger partial charge is 0.478 e. The third-order valence-corrected chi connectivity index (χ3v) is 7.20. The highest BCUT2D eigenvalue weighted by Gasteiger charge is 2.50. The fourth-order valence-electron chi connectivity index (χ4n) is 5.10. The van der Waals surface area contributed by atoms with E-state index in [1.165, 1.54) is 27.9 Å². The second-order valence-electron chi connectivity index (χ2n) is 9.82. The molecular weight excluding hydrogens is 526 g/mol.